The molecule has 0 atom stereocenters. The number of hydrogen-bond acceptors (Lipinski definition) is 4. The van der Waals surface area contributed by atoms with E-state index in [2.05, 4.69) is 16.0 Å². The maximum absolute atomic E-state index is 14.4. The van der Waals surface area contributed by atoms with Crippen LogP contribution in [-0.2, 0) is 17.8 Å². The zero-order valence-electron chi connectivity index (χ0n) is 13.4. The Morgan fingerprint density at radius 1 is 1.28 bits per heavy atom. The van der Waals surface area contributed by atoms with Crippen molar-refractivity contribution < 1.29 is 18.4 Å². The summed E-state index contributed by atoms with van der Waals surface area (Å²) in [5, 5.41) is 8.31. The van der Waals surface area contributed by atoms with Gasteiger partial charge in [0.25, 0.3) is 5.91 Å². The number of amides is 2. The molecular formula is C17H19ClFN3O3. The molecule has 3 N–H and O–H groups in total. The summed E-state index contributed by atoms with van der Waals surface area (Å²) in [7, 11) is 0. The molecule has 0 unspecified atom stereocenters. The number of fused-ring (bicyclic) bond motifs is 1. The van der Waals surface area contributed by atoms with Crippen molar-refractivity contribution in [1.29, 1.82) is 0 Å². The lowest BCUT2D eigenvalue weighted by Crippen LogP contribution is -2.28. The van der Waals surface area contributed by atoms with Crippen LogP contribution in [0.25, 0.3) is 0 Å². The molecule has 0 bridgehead atoms. The number of rotatable bonds is 5. The Balaban J connectivity index is 0.00000225. The summed E-state index contributed by atoms with van der Waals surface area (Å²) in [6.07, 6.45) is 2.05. The Labute approximate surface area is 150 Å². The Hall–Kier alpha value is -2.38. The van der Waals surface area contributed by atoms with Crippen molar-refractivity contribution in [3.63, 3.8) is 0 Å². The van der Waals surface area contributed by atoms with E-state index in [1.165, 1.54) is 12.3 Å². The monoisotopic (exact) mass is 367 g/mol. The van der Waals surface area contributed by atoms with Gasteiger partial charge in [0, 0.05) is 19.5 Å². The lowest BCUT2D eigenvalue weighted by Gasteiger charge is -2.19. The smallest absolute Gasteiger partial charge is 0.286 e. The van der Waals surface area contributed by atoms with E-state index in [0.29, 0.717) is 18.5 Å². The van der Waals surface area contributed by atoms with Crippen molar-refractivity contribution in [3.05, 3.63) is 53.2 Å². The van der Waals surface area contributed by atoms with Crippen LogP contribution in [-0.4, -0.2) is 24.9 Å². The second kappa shape index (κ2) is 8.64. The fourth-order valence-electron chi connectivity index (χ4n) is 2.63. The Morgan fingerprint density at radius 3 is 2.88 bits per heavy atom. The third kappa shape index (κ3) is 4.58. The predicted octanol–water partition coefficient (Wildman–Crippen LogP) is 2.24. The molecule has 0 saturated heterocycles. The summed E-state index contributed by atoms with van der Waals surface area (Å²) < 4.78 is 19.4. The molecule has 2 amide bonds. The quantitative estimate of drug-likeness (QED) is 0.756. The number of halogens is 2. The zero-order valence-corrected chi connectivity index (χ0v) is 14.2. The van der Waals surface area contributed by atoms with Crippen LogP contribution in [0.15, 0.2) is 34.9 Å². The average Bonchev–Trinajstić information content (AvgIpc) is 3.12. The standard InChI is InChI=1S/C17H18FN3O3.ClH/c18-16-12-5-7-19-10-11(12)3-4-13(16)21-15(22)6-8-20-17(23)14-2-1-9-24-14;/h1-4,9,19H,5-8,10H2,(H,20,23)(H,21,22);1H. The van der Waals surface area contributed by atoms with Crippen molar-refractivity contribution >= 4 is 29.9 Å². The molecule has 25 heavy (non-hydrogen) atoms. The third-order valence-electron chi connectivity index (χ3n) is 3.86. The number of anilines is 1. The number of carbonyl (C=O) groups excluding carboxylic acids is 2. The van der Waals surface area contributed by atoms with Crippen molar-refractivity contribution in [2.75, 3.05) is 18.4 Å². The van der Waals surface area contributed by atoms with Crippen LogP contribution in [0.1, 0.15) is 28.1 Å². The van der Waals surface area contributed by atoms with Crippen molar-refractivity contribution in [2.45, 2.75) is 19.4 Å². The second-order valence-electron chi connectivity index (χ2n) is 5.52. The molecule has 3 rings (SSSR count). The first-order valence-corrected chi connectivity index (χ1v) is 7.77. The number of furan rings is 1. The lowest BCUT2D eigenvalue weighted by atomic mass is 9.99. The summed E-state index contributed by atoms with van der Waals surface area (Å²) in [5.74, 6) is -0.936. The number of carbonyl (C=O) groups is 2. The molecule has 0 aliphatic carbocycles. The molecule has 2 aromatic rings. The maximum Gasteiger partial charge on any atom is 0.286 e. The first kappa shape index (κ1) is 19.0. The van der Waals surface area contributed by atoms with Gasteiger partial charge in [-0.2, -0.15) is 0 Å². The molecule has 1 aromatic carbocycles. The summed E-state index contributed by atoms with van der Waals surface area (Å²) in [6.45, 7) is 1.50. The van der Waals surface area contributed by atoms with Gasteiger partial charge in [-0.3, -0.25) is 9.59 Å². The van der Waals surface area contributed by atoms with E-state index in [-0.39, 0.29) is 54.5 Å². The van der Waals surface area contributed by atoms with Crippen LogP contribution in [0, 0.1) is 5.82 Å². The van der Waals surface area contributed by atoms with E-state index in [9.17, 15) is 14.0 Å². The zero-order chi connectivity index (χ0) is 16.9. The van der Waals surface area contributed by atoms with Gasteiger partial charge in [0.1, 0.15) is 5.82 Å². The van der Waals surface area contributed by atoms with E-state index < -0.39 is 0 Å². The number of benzene rings is 1. The highest BCUT2D eigenvalue weighted by Gasteiger charge is 2.17. The number of hydrogen-bond donors (Lipinski definition) is 3. The Bertz CT molecular complexity index is 750. The van der Waals surface area contributed by atoms with Gasteiger partial charge in [0.05, 0.1) is 12.0 Å². The van der Waals surface area contributed by atoms with Gasteiger partial charge in [-0.15, -0.1) is 12.4 Å². The van der Waals surface area contributed by atoms with Gasteiger partial charge in [-0.25, -0.2) is 4.39 Å². The predicted molar refractivity (Wildman–Crippen MR) is 93.3 cm³/mol. The summed E-state index contributed by atoms with van der Waals surface area (Å²) in [6, 6.07) is 6.53. The molecule has 0 radical (unpaired) electrons. The average molecular weight is 368 g/mol. The first-order valence-electron chi connectivity index (χ1n) is 7.77. The fourth-order valence-corrected chi connectivity index (χ4v) is 2.63. The maximum atomic E-state index is 14.4. The van der Waals surface area contributed by atoms with Crippen LogP contribution in [0.3, 0.4) is 0 Å². The molecule has 0 saturated carbocycles. The largest absolute Gasteiger partial charge is 0.459 e. The topological polar surface area (TPSA) is 83.4 Å². The van der Waals surface area contributed by atoms with E-state index in [1.54, 1.807) is 12.1 Å². The van der Waals surface area contributed by atoms with E-state index in [1.807, 2.05) is 6.07 Å². The van der Waals surface area contributed by atoms with Gasteiger partial charge in [0.2, 0.25) is 5.91 Å². The molecule has 0 fully saturated rings. The molecular weight excluding hydrogens is 349 g/mol. The highest BCUT2D eigenvalue weighted by molar-refractivity contribution is 5.93. The molecule has 2 heterocycles. The fraction of sp³-hybridized carbons (Fsp3) is 0.294. The van der Waals surface area contributed by atoms with Crippen LogP contribution in [0.5, 0.6) is 0 Å². The minimum Gasteiger partial charge on any atom is -0.459 e. The van der Waals surface area contributed by atoms with E-state index >= 15 is 0 Å². The molecule has 1 aliphatic heterocycles. The second-order valence-corrected chi connectivity index (χ2v) is 5.52. The van der Waals surface area contributed by atoms with Crippen LogP contribution in [0.4, 0.5) is 10.1 Å². The minimum atomic E-state index is -0.389. The lowest BCUT2D eigenvalue weighted by molar-refractivity contribution is -0.116. The third-order valence-corrected chi connectivity index (χ3v) is 3.86. The molecule has 0 spiro atoms. The normalized spacial score (nSPS) is 12.7. The Kier molecular flexibility index (Phi) is 6.55. The first-order chi connectivity index (χ1) is 11.6. The summed E-state index contributed by atoms with van der Waals surface area (Å²) >= 11 is 0. The molecule has 134 valence electrons. The van der Waals surface area contributed by atoms with Crippen LogP contribution >= 0.6 is 12.4 Å². The number of nitrogens with one attached hydrogen (secondary N) is 3. The molecule has 8 heteroatoms. The minimum absolute atomic E-state index is 0. The summed E-state index contributed by atoms with van der Waals surface area (Å²) in [4.78, 5) is 23.6. The highest BCUT2D eigenvalue weighted by Crippen LogP contribution is 2.24. The van der Waals surface area contributed by atoms with E-state index in [4.69, 9.17) is 4.42 Å². The molecule has 6 nitrogen and oxygen atoms in total. The van der Waals surface area contributed by atoms with Gasteiger partial charge < -0.3 is 20.4 Å². The van der Waals surface area contributed by atoms with Gasteiger partial charge >= 0.3 is 0 Å². The van der Waals surface area contributed by atoms with Crippen molar-refractivity contribution in [1.82, 2.24) is 10.6 Å². The SMILES string of the molecule is Cl.O=C(CCNC(=O)c1ccco1)Nc1ccc2c(c1F)CCNC2. The van der Waals surface area contributed by atoms with E-state index in [0.717, 1.165) is 12.1 Å². The summed E-state index contributed by atoms with van der Waals surface area (Å²) in [5.41, 5.74) is 1.75. The molecule has 1 aliphatic rings. The Morgan fingerprint density at radius 2 is 2.12 bits per heavy atom. The van der Waals surface area contributed by atoms with Gasteiger partial charge in [0.15, 0.2) is 5.76 Å². The van der Waals surface area contributed by atoms with Crippen LogP contribution in [0.2, 0.25) is 0 Å². The highest BCUT2D eigenvalue weighted by atomic mass is 35.5. The van der Waals surface area contributed by atoms with Crippen molar-refractivity contribution in [3.8, 4) is 0 Å². The van der Waals surface area contributed by atoms with Crippen LogP contribution < -0.4 is 16.0 Å². The van der Waals surface area contributed by atoms with Gasteiger partial charge in [-0.05, 0) is 42.3 Å². The molecule has 1 aromatic heterocycles. The van der Waals surface area contributed by atoms with Crippen molar-refractivity contribution in [2.24, 2.45) is 0 Å². The van der Waals surface area contributed by atoms with Gasteiger partial charge in [-0.1, -0.05) is 6.07 Å².